The summed E-state index contributed by atoms with van der Waals surface area (Å²) in [5.74, 6) is 0.234. The van der Waals surface area contributed by atoms with Crippen molar-refractivity contribution in [3.8, 4) is 11.1 Å². The van der Waals surface area contributed by atoms with Gasteiger partial charge in [0.2, 0.25) is 0 Å². The first-order valence-electron chi connectivity index (χ1n) is 7.04. The molecule has 0 heterocycles. The molecule has 2 aromatic carbocycles. The fraction of sp³-hybridized carbons (Fsp3) is 0.278. The number of ketones is 1. The molecule has 0 radical (unpaired) electrons. The molecule has 0 unspecified atom stereocenters. The molecule has 0 N–H and O–H groups in total. The second kappa shape index (κ2) is 6.42. The Morgan fingerprint density at radius 3 is 2.52 bits per heavy atom. The first-order chi connectivity index (χ1) is 9.65. The maximum Gasteiger partial charge on any atom is 0.164 e. The number of carbonyl (C=O) groups is 1. The highest BCUT2D eigenvalue weighted by molar-refractivity contribution is 5.97. The number of hydrogen-bond donors (Lipinski definition) is 0. The van der Waals surface area contributed by atoms with Crippen LogP contribution in [0.2, 0.25) is 0 Å². The number of Topliss-reactive ketones (excluding diaryl/α,β-unsaturated/α-hetero) is 1. The standard InChI is InChI=1S/C18H19NO.ClH/c1-19(2)10-9-18(20)14-7-8-17-15(12-14)11-13-5-3-4-6-16(13)17;/h3-8,12H,9-11H2,1-2H3;1H/p-1. The first kappa shape index (κ1) is 15.7. The summed E-state index contributed by atoms with van der Waals surface area (Å²) in [4.78, 5) is 14.2. The lowest BCUT2D eigenvalue weighted by atomic mass is 10.0. The fourth-order valence-electron chi connectivity index (χ4n) is 2.79. The predicted molar refractivity (Wildman–Crippen MR) is 82.2 cm³/mol. The van der Waals surface area contributed by atoms with Crippen LogP contribution in [0.15, 0.2) is 42.5 Å². The minimum atomic E-state index is 0. The summed E-state index contributed by atoms with van der Waals surface area (Å²) in [6, 6.07) is 14.6. The maximum absolute atomic E-state index is 12.2. The van der Waals surface area contributed by atoms with E-state index in [1.807, 2.05) is 25.1 Å². The van der Waals surface area contributed by atoms with Gasteiger partial charge in [-0.25, -0.2) is 0 Å². The molecular weight excluding hydrogens is 282 g/mol. The zero-order chi connectivity index (χ0) is 14.1. The van der Waals surface area contributed by atoms with E-state index in [-0.39, 0.29) is 18.2 Å². The molecule has 0 atom stereocenters. The van der Waals surface area contributed by atoms with Crippen molar-refractivity contribution in [1.82, 2.24) is 4.90 Å². The Kier molecular flexibility index (Phi) is 4.81. The van der Waals surface area contributed by atoms with Crippen LogP contribution in [0.1, 0.15) is 27.9 Å². The van der Waals surface area contributed by atoms with E-state index in [4.69, 9.17) is 0 Å². The zero-order valence-corrected chi connectivity index (χ0v) is 13.2. The van der Waals surface area contributed by atoms with Crippen molar-refractivity contribution < 1.29 is 17.2 Å². The Morgan fingerprint density at radius 2 is 1.76 bits per heavy atom. The van der Waals surface area contributed by atoms with Crippen LogP contribution >= 0.6 is 0 Å². The Bertz CT molecular complexity index is 664. The molecule has 0 bridgehead atoms. The first-order valence-corrected chi connectivity index (χ1v) is 7.04. The van der Waals surface area contributed by atoms with E-state index in [0.29, 0.717) is 6.42 Å². The third-order valence-electron chi connectivity index (χ3n) is 3.90. The molecule has 0 amide bonds. The zero-order valence-electron chi connectivity index (χ0n) is 12.4. The smallest absolute Gasteiger partial charge is 0.164 e. The van der Waals surface area contributed by atoms with E-state index in [1.165, 1.54) is 22.3 Å². The van der Waals surface area contributed by atoms with Gasteiger partial charge in [-0.3, -0.25) is 4.79 Å². The van der Waals surface area contributed by atoms with E-state index in [0.717, 1.165) is 18.5 Å². The average Bonchev–Trinajstić information content (AvgIpc) is 2.82. The quantitative estimate of drug-likeness (QED) is 0.650. The number of hydrogen-bond acceptors (Lipinski definition) is 2. The molecule has 0 aliphatic heterocycles. The van der Waals surface area contributed by atoms with Gasteiger partial charge < -0.3 is 17.3 Å². The van der Waals surface area contributed by atoms with Crippen molar-refractivity contribution in [3.05, 3.63) is 59.2 Å². The summed E-state index contributed by atoms with van der Waals surface area (Å²) in [5.41, 5.74) is 6.08. The molecule has 2 nitrogen and oxygen atoms in total. The van der Waals surface area contributed by atoms with Crippen LogP contribution < -0.4 is 12.4 Å². The van der Waals surface area contributed by atoms with Gasteiger partial charge in [-0.05, 0) is 48.8 Å². The molecule has 3 rings (SSSR count). The van der Waals surface area contributed by atoms with Crippen LogP contribution in [-0.2, 0) is 6.42 Å². The van der Waals surface area contributed by atoms with Gasteiger partial charge in [0.05, 0.1) is 0 Å². The monoisotopic (exact) mass is 300 g/mol. The molecule has 110 valence electrons. The second-order valence-corrected chi connectivity index (χ2v) is 5.68. The van der Waals surface area contributed by atoms with Crippen LogP contribution in [-0.4, -0.2) is 31.3 Å². The molecule has 0 aromatic heterocycles. The van der Waals surface area contributed by atoms with Gasteiger partial charge in [0, 0.05) is 18.5 Å². The molecule has 0 spiro atoms. The lowest BCUT2D eigenvalue weighted by Gasteiger charge is -2.09. The van der Waals surface area contributed by atoms with Crippen molar-refractivity contribution in [2.24, 2.45) is 0 Å². The van der Waals surface area contributed by atoms with Gasteiger partial charge in [-0.1, -0.05) is 36.4 Å². The number of rotatable bonds is 4. The summed E-state index contributed by atoms with van der Waals surface area (Å²) in [6.07, 6.45) is 1.53. The number of benzene rings is 2. The van der Waals surface area contributed by atoms with Crippen LogP contribution in [0.3, 0.4) is 0 Å². The van der Waals surface area contributed by atoms with Crippen LogP contribution in [0.4, 0.5) is 0 Å². The summed E-state index contributed by atoms with van der Waals surface area (Å²) in [7, 11) is 3.99. The molecule has 0 saturated heterocycles. The van der Waals surface area contributed by atoms with Gasteiger partial charge in [0.15, 0.2) is 5.78 Å². The largest absolute Gasteiger partial charge is 1.00 e. The summed E-state index contributed by atoms with van der Waals surface area (Å²) in [6.45, 7) is 0.802. The van der Waals surface area contributed by atoms with Crippen LogP contribution in [0.5, 0.6) is 0 Å². The Labute approximate surface area is 132 Å². The van der Waals surface area contributed by atoms with E-state index in [1.54, 1.807) is 0 Å². The molecular formula is C18H19ClNO-. The fourth-order valence-corrected chi connectivity index (χ4v) is 2.79. The Morgan fingerprint density at radius 1 is 1.05 bits per heavy atom. The van der Waals surface area contributed by atoms with Gasteiger partial charge >= 0.3 is 0 Å². The van der Waals surface area contributed by atoms with Crippen molar-refractivity contribution in [2.75, 3.05) is 20.6 Å². The van der Waals surface area contributed by atoms with Crippen LogP contribution in [0.25, 0.3) is 11.1 Å². The third kappa shape index (κ3) is 3.17. The lowest BCUT2D eigenvalue weighted by molar-refractivity contribution is -0.0000119. The SMILES string of the molecule is CN(C)CCC(=O)c1ccc2c(c1)Cc1ccccc1-2.[Cl-]. The number of carbonyl (C=O) groups excluding carboxylic acids is 1. The Balaban J connectivity index is 0.00000161. The van der Waals surface area contributed by atoms with Crippen molar-refractivity contribution in [3.63, 3.8) is 0 Å². The van der Waals surface area contributed by atoms with Gasteiger partial charge in [0.25, 0.3) is 0 Å². The number of halogens is 1. The minimum absolute atomic E-state index is 0. The van der Waals surface area contributed by atoms with E-state index in [2.05, 4.69) is 36.4 Å². The Hall–Kier alpha value is -1.64. The highest BCUT2D eigenvalue weighted by Crippen LogP contribution is 2.36. The maximum atomic E-state index is 12.2. The van der Waals surface area contributed by atoms with E-state index in [9.17, 15) is 4.79 Å². The van der Waals surface area contributed by atoms with Crippen molar-refractivity contribution >= 4 is 5.78 Å². The summed E-state index contributed by atoms with van der Waals surface area (Å²) >= 11 is 0. The molecule has 3 heteroatoms. The highest BCUT2D eigenvalue weighted by atomic mass is 35.5. The average molecular weight is 301 g/mol. The minimum Gasteiger partial charge on any atom is -1.00 e. The van der Waals surface area contributed by atoms with Gasteiger partial charge in [0.1, 0.15) is 0 Å². The van der Waals surface area contributed by atoms with E-state index < -0.39 is 0 Å². The third-order valence-corrected chi connectivity index (χ3v) is 3.90. The predicted octanol–water partition coefficient (Wildman–Crippen LogP) is 0.396. The molecule has 1 aliphatic rings. The lowest BCUT2D eigenvalue weighted by Crippen LogP contribution is -3.00. The number of nitrogens with zero attached hydrogens (tertiary/aromatic N) is 1. The van der Waals surface area contributed by atoms with Crippen molar-refractivity contribution in [2.45, 2.75) is 12.8 Å². The van der Waals surface area contributed by atoms with Crippen molar-refractivity contribution in [1.29, 1.82) is 0 Å². The second-order valence-electron chi connectivity index (χ2n) is 5.68. The molecule has 1 aliphatic carbocycles. The molecule has 2 aromatic rings. The molecule has 0 fully saturated rings. The number of fused-ring (bicyclic) bond motifs is 3. The normalized spacial score (nSPS) is 11.8. The molecule has 0 saturated carbocycles. The van der Waals surface area contributed by atoms with E-state index >= 15 is 0 Å². The van der Waals surface area contributed by atoms with Gasteiger partial charge in [-0.15, -0.1) is 0 Å². The summed E-state index contributed by atoms with van der Waals surface area (Å²) in [5, 5.41) is 0. The molecule has 21 heavy (non-hydrogen) atoms. The topological polar surface area (TPSA) is 20.3 Å². The van der Waals surface area contributed by atoms with Gasteiger partial charge in [-0.2, -0.15) is 0 Å². The summed E-state index contributed by atoms with van der Waals surface area (Å²) < 4.78 is 0. The highest BCUT2D eigenvalue weighted by Gasteiger charge is 2.19. The van der Waals surface area contributed by atoms with Crippen LogP contribution in [0, 0.1) is 0 Å².